The molecule has 1 N–H and O–H groups in total. The molecule has 1 heterocycles. The van der Waals surface area contributed by atoms with Gasteiger partial charge in [0.2, 0.25) is 0 Å². The summed E-state index contributed by atoms with van der Waals surface area (Å²) in [6.45, 7) is 5.98. The summed E-state index contributed by atoms with van der Waals surface area (Å²) in [5.74, 6) is 1.68. The molecule has 3 unspecified atom stereocenters. The Bertz CT molecular complexity index is 333. The van der Waals surface area contributed by atoms with Crippen LogP contribution in [0, 0.1) is 11.8 Å². The molecule has 2 rings (SSSR count). The summed E-state index contributed by atoms with van der Waals surface area (Å²) in [5.41, 5.74) is 1.49. The first-order valence-corrected chi connectivity index (χ1v) is 7.58. The molecule has 1 aliphatic heterocycles. The van der Waals surface area contributed by atoms with Crippen molar-refractivity contribution in [1.29, 1.82) is 0 Å². The number of aryl methyl sites for hydroxylation is 1. The highest BCUT2D eigenvalue weighted by molar-refractivity contribution is 5.14. The Balaban J connectivity index is 1.88. The molecule has 0 bridgehead atoms. The molecule has 0 saturated carbocycles. The van der Waals surface area contributed by atoms with Gasteiger partial charge in [0.1, 0.15) is 0 Å². The second-order valence-corrected chi connectivity index (χ2v) is 5.79. The van der Waals surface area contributed by atoms with Crippen LogP contribution < -0.4 is 5.32 Å². The van der Waals surface area contributed by atoms with Crippen LogP contribution in [0.1, 0.15) is 45.1 Å². The van der Waals surface area contributed by atoms with Gasteiger partial charge in [0.05, 0.1) is 0 Å². The first-order chi connectivity index (χ1) is 8.81. The number of hydrogen-bond acceptors (Lipinski definition) is 1. The van der Waals surface area contributed by atoms with E-state index < -0.39 is 0 Å². The number of benzene rings is 1. The molecule has 0 spiro atoms. The van der Waals surface area contributed by atoms with Crippen LogP contribution in [-0.2, 0) is 6.42 Å². The van der Waals surface area contributed by atoms with Crippen LogP contribution in [0.4, 0.5) is 0 Å². The smallest absolute Gasteiger partial charge is 0.0121 e. The van der Waals surface area contributed by atoms with Gasteiger partial charge in [-0.2, -0.15) is 0 Å². The van der Waals surface area contributed by atoms with Gasteiger partial charge in [0.25, 0.3) is 0 Å². The van der Waals surface area contributed by atoms with Crippen LogP contribution in [0.3, 0.4) is 0 Å². The Hall–Kier alpha value is -0.820. The molecule has 3 atom stereocenters. The second kappa shape index (κ2) is 6.94. The Morgan fingerprint density at radius 3 is 2.72 bits per heavy atom. The molecule has 0 radical (unpaired) electrons. The molecule has 18 heavy (non-hydrogen) atoms. The third-order valence-corrected chi connectivity index (χ3v) is 4.51. The van der Waals surface area contributed by atoms with Crippen molar-refractivity contribution >= 4 is 0 Å². The molecule has 1 aromatic rings. The monoisotopic (exact) mass is 245 g/mol. The molecule has 1 aromatic carbocycles. The predicted octanol–water partition coefficient (Wildman–Crippen LogP) is 4.03. The molecule has 0 amide bonds. The highest BCUT2D eigenvalue weighted by Gasteiger charge is 2.27. The van der Waals surface area contributed by atoms with Gasteiger partial charge in [-0.1, -0.05) is 50.6 Å². The first kappa shape index (κ1) is 13.6. The summed E-state index contributed by atoms with van der Waals surface area (Å²) < 4.78 is 0. The SMILES string of the molecule is CCC(CCc1ccccc1)C1NCCCC1C. The number of hydrogen-bond donors (Lipinski definition) is 1. The van der Waals surface area contributed by atoms with E-state index >= 15 is 0 Å². The van der Waals surface area contributed by atoms with Crippen molar-refractivity contribution in [2.75, 3.05) is 6.54 Å². The average Bonchev–Trinajstić information content (AvgIpc) is 2.42. The van der Waals surface area contributed by atoms with Crippen molar-refractivity contribution in [2.45, 2.75) is 52.0 Å². The zero-order chi connectivity index (χ0) is 12.8. The van der Waals surface area contributed by atoms with Crippen molar-refractivity contribution in [3.8, 4) is 0 Å². The summed E-state index contributed by atoms with van der Waals surface area (Å²) in [5, 5.41) is 3.76. The summed E-state index contributed by atoms with van der Waals surface area (Å²) in [4.78, 5) is 0. The van der Waals surface area contributed by atoms with E-state index in [2.05, 4.69) is 49.5 Å². The molecule has 1 saturated heterocycles. The minimum Gasteiger partial charge on any atom is -0.313 e. The van der Waals surface area contributed by atoms with Crippen LogP contribution in [0.5, 0.6) is 0 Å². The maximum Gasteiger partial charge on any atom is 0.0121 e. The molecule has 1 fully saturated rings. The third-order valence-electron chi connectivity index (χ3n) is 4.51. The molecule has 1 heteroatoms. The van der Waals surface area contributed by atoms with E-state index in [0.717, 1.165) is 17.9 Å². The zero-order valence-corrected chi connectivity index (χ0v) is 11.9. The van der Waals surface area contributed by atoms with Crippen LogP contribution >= 0.6 is 0 Å². The summed E-state index contributed by atoms with van der Waals surface area (Å²) >= 11 is 0. The van der Waals surface area contributed by atoms with Crippen LogP contribution in [0.25, 0.3) is 0 Å². The lowest BCUT2D eigenvalue weighted by atomic mass is 9.80. The minimum atomic E-state index is 0.743. The van der Waals surface area contributed by atoms with Gasteiger partial charge < -0.3 is 5.32 Å². The quantitative estimate of drug-likeness (QED) is 0.825. The fourth-order valence-corrected chi connectivity index (χ4v) is 3.34. The van der Waals surface area contributed by atoms with E-state index in [-0.39, 0.29) is 0 Å². The van der Waals surface area contributed by atoms with Crippen LogP contribution in [0.2, 0.25) is 0 Å². The van der Waals surface area contributed by atoms with Gasteiger partial charge >= 0.3 is 0 Å². The highest BCUT2D eigenvalue weighted by Crippen LogP contribution is 2.27. The van der Waals surface area contributed by atoms with E-state index in [1.54, 1.807) is 0 Å². The van der Waals surface area contributed by atoms with Gasteiger partial charge in [-0.15, -0.1) is 0 Å². The van der Waals surface area contributed by atoms with Crippen molar-refractivity contribution in [1.82, 2.24) is 5.32 Å². The van der Waals surface area contributed by atoms with Gasteiger partial charge in [-0.3, -0.25) is 0 Å². The lowest BCUT2D eigenvalue weighted by molar-refractivity contribution is 0.208. The van der Waals surface area contributed by atoms with E-state index in [9.17, 15) is 0 Å². The summed E-state index contributed by atoms with van der Waals surface area (Å²) in [6, 6.07) is 11.7. The zero-order valence-electron chi connectivity index (χ0n) is 11.9. The van der Waals surface area contributed by atoms with Crippen molar-refractivity contribution < 1.29 is 0 Å². The van der Waals surface area contributed by atoms with Gasteiger partial charge in [-0.05, 0) is 49.6 Å². The van der Waals surface area contributed by atoms with Crippen molar-refractivity contribution in [3.63, 3.8) is 0 Å². The van der Waals surface area contributed by atoms with E-state index in [1.165, 1.54) is 44.2 Å². The van der Waals surface area contributed by atoms with Crippen LogP contribution in [-0.4, -0.2) is 12.6 Å². The Kier molecular flexibility index (Phi) is 5.25. The lowest BCUT2D eigenvalue weighted by Gasteiger charge is -2.36. The van der Waals surface area contributed by atoms with E-state index in [1.807, 2.05) is 0 Å². The number of nitrogens with one attached hydrogen (secondary N) is 1. The second-order valence-electron chi connectivity index (χ2n) is 5.79. The Morgan fingerprint density at radius 1 is 1.28 bits per heavy atom. The van der Waals surface area contributed by atoms with Crippen molar-refractivity contribution in [3.05, 3.63) is 35.9 Å². The largest absolute Gasteiger partial charge is 0.313 e. The third kappa shape index (κ3) is 3.58. The summed E-state index contributed by atoms with van der Waals surface area (Å²) in [7, 11) is 0. The number of rotatable bonds is 5. The van der Waals surface area contributed by atoms with Gasteiger partial charge in [0.15, 0.2) is 0 Å². The van der Waals surface area contributed by atoms with Crippen molar-refractivity contribution in [2.24, 2.45) is 11.8 Å². The Labute approximate surface area is 112 Å². The van der Waals surface area contributed by atoms with Crippen LogP contribution in [0.15, 0.2) is 30.3 Å². The molecule has 1 nitrogen and oxygen atoms in total. The van der Waals surface area contributed by atoms with Gasteiger partial charge in [-0.25, -0.2) is 0 Å². The average molecular weight is 245 g/mol. The molecule has 0 aliphatic carbocycles. The van der Waals surface area contributed by atoms with E-state index in [0.29, 0.717) is 0 Å². The topological polar surface area (TPSA) is 12.0 Å². The fourth-order valence-electron chi connectivity index (χ4n) is 3.34. The molecule has 1 aliphatic rings. The molecule has 100 valence electrons. The number of piperidine rings is 1. The fraction of sp³-hybridized carbons (Fsp3) is 0.647. The molecular weight excluding hydrogens is 218 g/mol. The predicted molar refractivity (Wildman–Crippen MR) is 78.7 cm³/mol. The van der Waals surface area contributed by atoms with Gasteiger partial charge in [0, 0.05) is 6.04 Å². The standard InChI is InChI=1S/C17H27N/c1-3-16(17-14(2)8-7-13-18-17)12-11-15-9-5-4-6-10-15/h4-6,9-10,14,16-18H,3,7-8,11-13H2,1-2H3. The maximum absolute atomic E-state index is 3.76. The minimum absolute atomic E-state index is 0.743. The molecule has 0 aromatic heterocycles. The Morgan fingerprint density at radius 2 is 2.06 bits per heavy atom. The molecular formula is C17H27N. The first-order valence-electron chi connectivity index (χ1n) is 7.58. The normalized spacial score (nSPS) is 25.9. The van der Waals surface area contributed by atoms with E-state index in [4.69, 9.17) is 0 Å². The maximum atomic E-state index is 3.76. The lowest BCUT2D eigenvalue weighted by Crippen LogP contribution is -2.45. The summed E-state index contributed by atoms with van der Waals surface area (Å²) in [6.07, 6.45) is 6.61. The highest BCUT2D eigenvalue weighted by atomic mass is 14.9.